The molecule has 2 aromatic rings. The summed E-state index contributed by atoms with van der Waals surface area (Å²) in [5, 5.41) is 0.0128. The monoisotopic (exact) mass is 722 g/mol. The van der Waals surface area contributed by atoms with Crippen molar-refractivity contribution in [2.75, 3.05) is 6.61 Å². The smallest absolute Gasteiger partial charge is 0.353 e. The van der Waals surface area contributed by atoms with Gasteiger partial charge < -0.3 is 17.8 Å². The molecule has 0 unspecified atom stereocenters. The molecule has 0 bridgehead atoms. The van der Waals surface area contributed by atoms with Crippen LogP contribution < -0.4 is 9.87 Å². The molecule has 1 saturated heterocycles. The minimum atomic E-state index is -4.31. The fourth-order valence-electron chi connectivity index (χ4n) is 5.20. The summed E-state index contributed by atoms with van der Waals surface area (Å²) in [5.41, 5.74) is 1.79. The van der Waals surface area contributed by atoms with Crippen LogP contribution in [0.1, 0.15) is 130 Å². The number of aromatic nitrogens is 2. The predicted octanol–water partition coefficient (Wildman–Crippen LogP) is 9.08. The Labute approximate surface area is 292 Å². The van der Waals surface area contributed by atoms with Gasteiger partial charge in [-0.1, -0.05) is 95.2 Å². The normalized spacial score (nSPS) is 19.9. The van der Waals surface area contributed by atoms with Gasteiger partial charge in [0.2, 0.25) is 5.88 Å². The Morgan fingerprint density at radius 2 is 1.42 bits per heavy atom. The molecular weight excluding hydrogens is 661 g/mol. The van der Waals surface area contributed by atoms with Crippen LogP contribution in [0.4, 0.5) is 0 Å². The van der Waals surface area contributed by atoms with Crippen LogP contribution in [0.25, 0.3) is 0 Å². The second-order valence-electron chi connectivity index (χ2n) is 17.3. The molecule has 1 aromatic carbocycles. The van der Waals surface area contributed by atoms with Crippen molar-refractivity contribution in [1.29, 1.82) is 0 Å². The van der Waals surface area contributed by atoms with E-state index in [1.54, 1.807) is 0 Å². The Bertz CT molecular complexity index is 1570. The lowest BCUT2D eigenvalue weighted by Gasteiger charge is -2.40. The van der Waals surface area contributed by atoms with Gasteiger partial charge in [0.15, 0.2) is 16.6 Å². The van der Waals surface area contributed by atoms with E-state index in [2.05, 4.69) is 86.6 Å². The molecule has 0 amide bonds. The molecule has 12 heteroatoms. The van der Waals surface area contributed by atoms with Gasteiger partial charge in [-0.05, 0) is 70.7 Å². The highest BCUT2D eigenvalue weighted by Gasteiger charge is 2.47. The van der Waals surface area contributed by atoms with Crippen molar-refractivity contribution < 1.29 is 26.2 Å². The number of hydrogen-bond donors (Lipinski definition) is 0. The Kier molecular flexibility index (Phi) is 12.2. The van der Waals surface area contributed by atoms with E-state index in [0.717, 1.165) is 5.56 Å². The molecule has 1 aliphatic rings. The lowest BCUT2D eigenvalue weighted by Crippen LogP contribution is -2.48. The van der Waals surface area contributed by atoms with Gasteiger partial charge in [-0.15, -0.1) is 0 Å². The molecule has 0 saturated carbocycles. The van der Waals surface area contributed by atoms with E-state index in [0.29, 0.717) is 24.2 Å². The quantitative estimate of drug-likeness (QED) is 0.158. The minimum absolute atomic E-state index is 0.0151. The SMILES string of the molecule is CC(C)c1cc(C(C)C)c(S(=O)(=O)Oc2ccn([C@H]3C[C@@H](O[Si](C)(C)C(C)(C)C)[C@@H](CO[Si](C)(C)C(C)(C)C)O3)c(=O)n2)c(C(C)C)c1. The summed E-state index contributed by atoms with van der Waals surface area (Å²) in [7, 11) is -8.57. The van der Waals surface area contributed by atoms with E-state index in [9.17, 15) is 13.2 Å². The van der Waals surface area contributed by atoms with Crippen molar-refractivity contribution in [2.45, 2.75) is 167 Å². The lowest BCUT2D eigenvalue weighted by atomic mass is 9.89. The van der Waals surface area contributed by atoms with Crippen molar-refractivity contribution in [3.63, 3.8) is 0 Å². The third-order valence-electron chi connectivity index (χ3n) is 10.5. The third kappa shape index (κ3) is 9.09. The van der Waals surface area contributed by atoms with Gasteiger partial charge in [0.1, 0.15) is 17.2 Å². The van der Waals surface area contributed by atoms with Crippen molar-refractivity contribution in [3.8, 4) is 5.88 Å². The molecule has 1 aromatic heterocycles. The van der Waals surface area contributed by atoms with Crippen molar-refractivity contribution in [2.24, 2.45) is 0 Å². The molecule has 3 atom stereocenters. The number of nitrogens with zero attached hydrogens (tertiary/aromatic N) is 2. The molecule has 1 fully saturated rings. The maximum atomic E-state index is 13.9. The summed E-state index contributed by atoms with van der Waals surface area (Å²) in [6.45, 7) is 34.4. The van der Waals surface area contributed by atoms with Crippen LogP contribution in [0.2, 0.25) is 36.3 Å². The van der Waals surface area contributed by atoms with Crippen LogP contribution in [-0.2, 0) is 23.7 Å². The molecule has 48 heavy (non-hydrogen) atoms. The average molecular weight is 723 g/mol. The molecule has 0 spiro atoms. The highest BCUT2D eigenvalue weighted by atomic mass is 32.2. The largest absolute Gasteiger partial charge is 0.414 e. The zero-order valence-electron chi connectivity index (χ0n) is 32.3. The first-order chi connectivity index (χ1) is 21.7. The van der Waals surface area contributed by atoms with Gasteiger partial charge in [0.05, 0.1) is 12.7 Å². The molecular formula is C36H62N2O7SSi2. The predicted molar refractivity (Wildman–Crippen MR) is 199 cm³/mol. The van der Waals surface area contributed by atoms with E-state index < -0.39 is 38.7 Å². The standard InChI is InChI=1S/C36H62N2O7SSi2/c1-23(2)26-19-27(24(3)4)33(28(20-26)25(5)6)46(40,41)44-31-17-18-38(34(39)37-31)32-21-29(45-48(15,16)36(10,11)12)30(43-32)22-42-47(13,14)35(7,8)9/h17-20,23-25,29-30,32H,21-22H2,1-16H3/t29-,30-,32-/m1/s1. The van der Waals surface area contributed by atoms with Gasteiger partial charge in [-0.2, -0.15) is 13.4 Å². The molecule has 0 radical (unpaired) electrons. The van der Waals surface area contributed by atoms with Gasteiger partial charge >= 0.3 is 15.8 Å². The molecule has 9 nitrogen and oxygen atoms in total. The Hall–Kier alpha value is -1.84. The molecule has 3 rings (SSSR count). The maximum Gasteiger partial charge on any atom is 0.353 e. The zero-order valence-corrected chi connectivity index (χ0v) is 35.2. The average Bonchev–Trinajstić information content (AvgIpc) is 3.31. The zero-order chi connectivity index (χ0) is 36.8. The lowest BCUT2D eigenvalue weighted by molar-refractivity contribution is -0.0412. The Morgan fingerprint density at radius 1 is 0.896 bits per heavy atom. The Morgan fingerprint density at radius 3 is 1.85 bits per heavy atom. The molecule has 0 aliphatic carbocycles. The van der Waals surface area contributed by atoms with E-state index in [1.165, 1.54) is 16.8 Å². The molecule has 0 N–H and O–H groups in total. The van der Waals surface area contributed by atoms with E-state index in [-0.39, 0.29) is 50.8 Å². The van der Waals surface area contributed by atoms with E-state index in [4.69, 9.17) is 17.8 Å². The van der Waals surface area contributed by atoms with Gasteiger partial charge in [-0.25, -0.2) is 4.79 Å². The summed E-state index contributed by atoms with van der Waals surface area (Å²) in [6, 6.07) is 5.32. The topological polar surface area (TPSA) is 106 Å². The second-order valence-corrected chi connectivity index (χ2v) is 28.4. The van der Waals surface area contributed by atoms with Crippen molar-refractivity contribution in [1.82, 2.24) is 9.55 Å². The first-order valence-corrected chi connectivity index (χ1v) is 24.6. The van der Waals surface area contributed by atoms with Crippen LogP contribution in [0.15, 0.2) is 34.1 Å². The van der Waals surface area contributed by atoms with Crippen LogP contribution in [0.5, 0.6) is 5.88 Å². The van der Waals surface area contributed by atoms with Crippen LogP contribution in [0.3, 0.4) is 0 Å². The highest BCUT2D eigenvalue weighted by Crippen LogP contribution is 2.42. The summed E-state index contributed by atoms with van der Waals surface area (Å²) in [6.07, 6.45) is 0.637. The van der Waals surface area contributed by atoms with Gasteiger partial charge in [-0.3, -0.25) is 4.57 Å². The number of rotatable bonds is 12. The molecule has 2 heterocycles. The first kappa shape index (κ1) is 40.6. The van der Waals surface area contributed by atoms with E-state index >= 15 is 0 Å². The van der Waals surface area contributed by atoms with E-state index in [1.807, 2.05) is 39.8 Å². The van der Waals surface area contributed by atoms with Crippen molar-refractivity contribution in [3.05, 3.63) is 51.6 Å². The second kappa shape index (κ2) is 14.4. The first-order valence-electron chi connectivity index (χ1n) is 17.4. The van der Waals surface area contributed by atoms with Crippen molar-refractivity contribution >= 4 is 26.8 Å². The summed E-state index contributed by atoms with van der Waals surface area (Å²) in [5.74, 6) is -0.177. The van der Waals surface area contributed by atoms with Gasteiger partial charge in [0.25, 0.3) is 0 Å². The fourth-order valence-corrected chi connectivity index (χ4v) is 9.14. The Balaban J connectivity index is 1.95. The van der Waals surface area contributed by atoms with Crippen LogP contribution >= 0.6 is 0 Å². The maximum absolute atomic E-state index is 13.9. The highest BCUT2D eigenvalue weighted by molar-refractivity contribution is 7.87. The third-order valence-corrected chi connectivity index (χ3v) is 20.9. The minimum Gasteiger partial charge on any atom is -0.414 e. The molecule has 272 valence electrons. The number of hydrogen-bond acceptors (Lipinski definition) is 8. The summed E-state index contributed by atoms with van der Waals surface area (Å²) < 4.78 is 54.7. The molecule has 1 aliphatic heterocycles. The fraction of sp³-hybridized carbons (Fsp3) is 0.722. The number of benzene rings is 1. The van der Waals surface area contributed by atoms with Gasteiger partial charge in [0, 0.05) is 18.7 Å². The number of ether oxygens (including phenoxy) is 1. The van der Waals surface area contributed by atoms with Crippen LogP contribution in [0, 0.1) is 0 Å². The van der Waals surface area contributed by atoms with Crippen LogP contribution in [-0.4, -0.2) is 53.4 Å². The summed E-state index contributed by atoms with van der Waals surface area (Å²) in [4.78, 5) is 17.7. The summed E-state index contributed by atoms with van der Waals surface area (Å²) >= 11 is 0.